The number of amides is 1. The summed E-state index contributed by atoms with van der Waals surface area (Å²) in [6, 6.07) is -0.110. The van der Waals surface area contributed by atoms with Gasteiger partial charge in [0.05, 0.1) is 6.04 Å². The molecule has 1 heterocycles. The highest BCUT2D eigenvalue weighted by Gasteiger charge is 2.12. The van der Waals surface area contributed by atoms with Crippen molar-refractivity contribution in [2.75, 3.05) is 46.4 Å². The van der Waals surface area contributed by atoms with Gasteiger partial charge >= 0.3 is 0 Å². The quantitative estimate of drug-likeness (QED) is 0.572. The summed E-state index contributed by atoms with van der Waals surface area (Å²) in [6.07, 6.45) is 4.66. The van der Waals surface area contributed by atoms with E-state index in [0.717, 1.165) is 25.9 Å². The van der Waals surface area contributed by atoms with Gasteiger partial charge in [-0.15, -0.1) is 0 Å². The number of carbonyl (C=O) groups is 1. The van der Waals surface area contributed by atoms with E-state index >= 15 is 0 Å². The van der Waals surface area contributed by atoms with Crippen molar-refractivity contribution in [2.24, 2.45) is 0 Å². The number of ether oxygens (including phenoxy) is 1. The minimum absolute atomic E-state index is 0.0808. The fourth-order valence-corrected chi connectivity index (χ4v) is 2.30. The number of nitrogens with zero attached hydrogens (tertiary/aromatic N) is 1. The van der Waals surface area contributed by atoms with E-state index in [-0.39, 0.29) is 11.9 Å². The van der Waals surface area contributed by atoms with E-state index in [0.29, 0.717) is 13.2 Å². The van der Waals surface area contributed by atoms with Gasteiger partial charge in [0, 0.05) is 20.3 Å². The van der Waals surface area contributed by atoms with Crippen LogP contribution in [0.1, 0.15) is 32.6 Å². The fourth-order valence-electron chi connectivity index (χ4n) is 2.30. The van der Waals surface area contributed by atoms with E-state index in [9.17, 15) is 4.79 Å². The molecule has 0 spiro atoms. The van der Waals surface area contributed by atoms with Crippen molar-refractivity contribution in [3.8, 4) is 0 Å². The van der Waals surface area contributed by atoms with Crippen LogP contribution in [-0.4, -0.2) is 63.3 Å². The average Bonchev–Trinajstić information content (AvgIpc) is 2.92. The molecule has 2 N–H and O–H groups in total. The number of nitrogens with one attached hydrogen (secondary N) is 2. The van der Waals surface area contributed by atoms with Gasteiger partial charge in [-0.25, -0.2) is 0 Å². The molecule has 112 valence electrons. The molecule has 1 saturated heterocycles. The van der Waals surface area contributed by atoms with Gasteiger partial charge in [0.25, 0.3) is 0 Å². The lowest BCUT2D eigenvalue weighted by molar-refractivity contribution is -0.122. The highest BCUT2D eigenvalue weighted by molar-refractivity contribution is 5.81. The molecule has 1 atom stereocenters. The summed E-state index contributed by atoms with van der Waals surface area (Å²) >= 11 is 0. The van der Waals surface area contributed by atoms with Gasteiger partial charge in [-0.3, -0.25) is 4.79 Å². The Morgan fingerprint density at radius 1 is 1.26 bits per heavy atom. The Morgan fingerprint density at radius 2 is 2.00 bits per heavy atom. The first-order valence-electron chi connectivity index (χ1n) is 7.46. The molecule has 0 aliphatic carbocycles. The molecule has 0 bridgehead atoms. The van der Waals surface area contributed by atoms with Gasteiger partial charge in [-0.05, 0) is 58.8 Å². The minimum atomic E-state index is -0.110. The van der Waals surface area contributed by atoms with E-state index in [1.54, 1.807) is 7.11 Å². The number of hydrogen-bond donors (Lipinski definition) is 2. The molecule has 1 rings (SSSR count). The third-order valence-electron chi connectivity index (χ3n) is 3.52. The Morgan fingerprint density at radius 3 is 2.68 bits per heavy atom. The van der Waals surface area contributed by atoms with Crippen LogP contribution in [0.2, 0.25) is 0 Å². The highest BCUT2D eigenvalue weighted by atomic mass is 16.5. The lowest BCUT2D eigenvalue weighted by atomic mass is 10.3. The minimum Gasteiger partial charge on any atom is -0.385 e. The van der Waals surface area contributed by atoms with Gasteiger partial charge in [-0.2, -0.15) is 0 Å². The van der Waals surface area contributed by atoms with Gasteiger partial charge < -0.3 is 20.3 Å². The van der Waals surface area contributed by atoms with Crippen LogP contribution < -0.4 is 10.6 Å². The number of likely N-dealkylation sites (tertiary alicyclic amines) is 1. The van der Waals surface area contributed by atoms with Crippen molar-refractivity contribution in [1.29, 1.82) is 0 Å². The van der Waals surface area contributed by atoms with E-state index in [1.807, 2.05) is 6.92 Å². The van der Waals surface area contributed by atoms with Gasteiger partial charge in [0.1, 0.15) is 0 Å². The summed E-state index contributed by atoms with van der Waals surface area (Å²) in [6.45, 7) is 7.84. The van der Waals surface area contributed by atoms with Crippen molar-refractivity contribution in [2.45, 2.75) is 38.6 Å². The number of carbonyl (C=O) groups excluding carboxylic acids is 1. The molecule has 19 heavy (non-hydrogen) atoms. The molecule has 0 aromatic heterocycles. The van der Waals surface area contributed by atoms with Crippen molar-refractivity contribution < 1.29 is 9.53 Å². The standard InChI is InChI=1S/C14H29N3O2/c1-13(14(18)16-8-6-12-19-2)15-7-5-11-17-9-3-4-10-17/h13,15H,3-12H2,1-2H3,(H,16,18). The normalized spacial score (nSPS) is 17.6. The molecular weight excluding hydrogens is 242 g/mol. The summed E-state index contributed by atoms with van der Waals surface area (Å²) in [5.74, 6) is 0.0808. The lowest BCUT2D eigenvalue weighted by Crippen LogP contribution is -2.43. The lowest BCUT2D eigenvalue weighted by Gasteiger charge is -2.17. The molecule has 0 aromatic rings. The summed E-state index contributed by atoms with van der Waals surface area (Å²) in [4.78, 5) is 14.2. The van der Waals surface area contributed by atoms with Crippen molar-refractivity contribution in [3.63, 3.8) is 0 Å². The molecule has 1 unspecified atom stereocenters. The fraction of sp³-hybridized carbons (Fsp3) is 0.929. The van der Waals surface area contributed by atoms with E-state index in [1.165, 1.54) is 25.9 Å². The second-order valence-corrected chi connectivity index (χ2v) is 5.22. The van der Waals surface area contributed by atoms with Crippen LogP contribution in [0.5, 0.6) is 0 Å². The van der Waals surface area contributed by atoms with E-state index in [2.05, 4.69) is 15.5 Å². The zero-order chi connectivity index (χ0) is 13.9. The first-order chi connectivity index (χ1) is 9.24. The van der Waals surface area contributed by atoms with E-state index in [4.69, 9.17) is 4.74 Å². The molecule has 0 saturated carbocycles. The maximum Gasteiger partial charge on any atom is 0.236 e. The maximum atomic E-state index is 11.7. The van der Waals surface area contributed by atoms with Crippen LogP contribution in [-0.2, 0) is 9.53 Å². The smallest absolute Gasteiger partial charge is 0.236 e. The van der Waals surface area contributed by atoms with Crippen LogP contribution in [0.15, 0.2) is 0 Å². The van der Waals surface area contributed by atoms with E-state index < -0.39 is 0 Å². The highest BCUT2D eigenvalue weighted by Crippen LogP contribution is 2.06. The topological polar surface area (TPSA) is 53.6 Å². The Labute approximate surface area is 117 Å². The molecule has 5 nitrogen and oxygen atoms in total. The third-order valence-corrected chi connectivity index (χ3v) is 3.52. The summed E-state index contributed by atoms with van der Waals surface area (Å²) < 4.78 is 4.94. The van der Waals surface area contributed by atoms with Crippen LogP contribution >= 0.6 is 0 Å². The van der Waals surface area contributed by atoms with Crippen LogP contribution in [0, 0.1) is 0 Å². The van der Waals surface area contributed by atoms with Crippen LogP contribution in [0.25, 0.3) is 0 Å². The number of rotatable bonds is 10. The molecular formula is C14H29N3O2. The first-order valence-corrected chi connectivity index (χ1v) is 7.46. The summed E-state index contributed by atoms with van der Waals surface area (Å²) in [5, 5.41) is 6.18. The summed E-state index contributed by atoms with van der Waals surface area (Å²) in [5.41, 5.74) is 0. The molecule has 1 amide bonds. The van der Waals surface area contributed by atoms with Crippen molar-refractivity contribution in [3.05, 3.63) is 0 Å². The van der Waals surface area contributed by atoms with Crippen molar-refractivity contribution >= 4 is 5.91 Å². The second kappa shape index (κ2) is 10.2. The maximum absolute atomic E-state index is 11.7. The SMILES string of the molecule is COCCCNC(=O)C(C)NCCCN1CCCC1. The van der Waals surface area contributed by atoms with Crippen LogP contribution in [0.4, 0.5) is 0 Å². The van der Waals surface area contributed by atoms with Gasteiger partial charge in [-0.1, -0.05) is 0 Å². The monoisotopic (exact) mass is 271 g/mol. The summed E-state index contributed by atoms with van der Waals surface area (Å²) in [7, 11) is 1.67. The molecule has 1 aliphatic rings. The Balaban J connectivity index is 1.96. The molecule has 1 aliphatic heterocycles. The van der Waals surface area contributed by atoms with Crippen LogP contribution in [0.3, 0.4) is 0 Å². The molecule has 1 fully saturated rings. The average molecular weight is 271 g/mol. The first kappa shape index (κ1) is 16.4. The third kappa shape index (κ3) is 7.50. The number of methoxy groups -OCH3 is 1. The Kier molecular flexibility index (Phi) is 8.79. The predicted octanol–water partition coefficient (Wildman–Crippen LogP) is 0.603. The molecule has 0 aromatic carbocycles. The zero-order valence-corrected chi connectivity index (χ0v) is 12.4. The largest absolute Gasteiger partial charge is 0.385 e. The Bertz CT molecular complexity index is 243. The second-order valence-electron chi connectivity index (χ2n) is 5.22. The zero-order valence-electron chi connectivity index (χ0n) is 12.4. The predicted molar refractivity (Wildman–Crippen MR) is 77.3 cm³/mol. The molecule has 0 radical (unpaired) electrons. The Hall–Kier alpha value is -0.650. The van der Waals surface area contributed by atoms with Crippen molar-refractivity contribution in [1.82, 2.24) is 15.5 Å². The molecule has 5 heteroatoms. The van der Waals surface area contributed by atoms with Gasteiger partial charge in [0.15, 0.2) is 0 Å². The van der Waals surface area contributed by atoms with Gasteiger partial charge in [0.2, 0.25) is 5.91 Å². The number of hydrogen-bond acceptors (Lipinski definition) is 4.